The fraction of sp³-hybridized carbons (Fsp3) is 0.154. The maximum Gasteiger partial charge on any atom is 0.534 e. The highest BCUT2D eigenvalue weighted by Crippen LogP contribution is 2.32. The molecule has 7 nitrogen and oxygen atoms in total. The van der Waals surface area contributed by atoms with E-state index in [9.17, 15) is 26.4 Å². The number of hydrogen-bond donors (Lipinski definition) is 0. The molecule has 1 aromatic heterocycles. The first kappa shape index (κ1) is 17.7. The summed E-state index contributed by atoms with van der Waals surface area (Å²) in [6.07, 6.45) is 4.00. The van der Waals surface area contributed by atoms with E-state index in [1.807, 2.05) is 0 Å². The van der Waals surface area contributed by atoms with E-state index in [0.29, 0.717) is 0 Å². The summed E-state index contributed by atoms with van der Waals surface area (Å²) >= 11 is 0. The number of rotatable bonds is 4. The van der Waals surface area contributed by atoms with Gasteiger partial charge in [0.05, 0.1) is 19.0 Å². The monoisotopic (exact) mass is 362 g/mol. The molecule has 2 rings (SSSR count). The van der Waals surface area contributed by atoms with Crippen LogP contribution in [0.4, 0.5) is 13.2 Å². The third kappa shape index (κ3) is 3.62. The van der Waals surface area contributed by atoms with Crippen molar-refractivity contribution in [3.63, 3.8) is 0 Å². The zero-order valence-electron chi connectivity index (χ0n) is 11.9. The number of halogens is 3. The molecule has 0 radical (unpaired) electrons. The molecule has 0 atom stereocenters. The van der Waals surface area contributed by atoms with Gasteiger partial charge < -0.3 is 8.92 Å². The largest absolute Gasteiger partial charge is 0.534 e. The fourth-order valence-corrected chi connectivity index (χ4v) is 2.11. The number of esters is 1. The van der Waals surface area contributed by atoms with E-state index in [0.717, 1.165) is 19.2 Å². The summed E-state index contributed by atoms with van der Waals surface area (Å²) in [7, 11) is -4.97. The van der Waals surface area contributed by atoms with E-state index in [4.69, 9.17) is 0 Å². The van der Waals surface area contributed by atoms with Crippen LogP contribution in [0, 0.1) is 0 Å². The molecule has 0 spiro atoms. The van der Waals surface area contributed by atoms with Crippen LogP contribution in [-0.4, -0.2) is 37.0 Å². The predicted molar refractivity (Wildman–Crippen MR) is 74.4 cm³/mol. The smallest absolute Gasteiger partial charge is 0.465 e. The average Bonchev–Trinajstić information content (AvgIpc) is 2.53. The zero-order valence-corrected chi connectivity index (χ0v) is 12.8. The Labute approximate surface area is 134 Å². The number of alkyl halides is 3. The third-order valence-corrected chi connectivity index (χ3v) is 3.69. The molecular weight excluding hydrogens is 353 g/mol. The number of hydrogen-bond acceptors (Lipinski definition) is 7. The summed E-state index contributed by atoms with van der Waals surface area (Å²) < 4.78 is 68.4. The van der Waals surface area contributed by atoms with Crippen LogP contribution in [0.2, 0.25) is 0 Å². The molecule has 0 amide bonds. The Kier molecular flexibility index (Phi) is 4.73. The van der Waals surface area contributed by atoms with Gasteiger partial charge in [0, 0.05) is 18.0 Å². The quantitative estimate of drug-likeness (QED) is 0.467. The van der Waals surface area contributed by atoms with Crippen LogP contribution in [0.15, 0.2) is 36.8 Å². The summed E-state index contributed by atoms with van der Waals surface area (Å²) in [6, 6.07) is 3.33. The molecule has 0 aliphatic heterocycles. The van der Waals surface area contributed by atoms with Crippen LogP contribution in [0.1, 0.15) is 10.4 Å². The lowest BCUT2D eigenvalue weighted by Crippen LogP contribution is -2.28. The van der Waals surface area contributed by atoms with E-state index in [1.54, 1.807) is 0 Å². The van der Waals surface area contributed by atoms with E-state index < -0.39 is 32.9 Å². The molecule has 0 N–H and O–H groups in total. The van der Waals surface area contributed by atoms with Crippen molar-refractivity contribution in [1.29, 1.82) is 0 Å². The Morgan fingerprint density at radius 2 is 1.92 bits per heavy atom. The first-order valence-corrected chi connectivity index (χ1v) is 7.56. The van der Waals surface area contributed by atoms with Crippen LogP contribution in [-0.2, 0) is 14.9 Å². The van der Waals surface area contributed by atoms with Gasteiger partial charge in [-0.3, -0.25) is 9.97 Å². The van der Waals surface area contributed by atoms with Crippen molar-refractivity contribution in [3.8, 4) is 17.0 Å². The molecule has 1 aromatic carbocycles. The van der Waals surface area contributed by atoms with Gasteiger partial charge in [-0.05, 0) is 12.1 Å². The second-order valence-electron chi connectivity index (χ2n) is 4.28. The molecule has 128 valence electrons. The van der Waals surface area contributed by atoms with Crippen molar-refractivity contribution >= 4 is 16.1 Å². The summed E-state index contributed by atoms with van der Waals surface area (Å²) in [5, 5.41) is 0. The number of carbonyl (C=O) groups excluding carboxylic acids is 1. The fourth-order valence-electron chi connectivity index (χ4n) is 1.64. The molecule has 0 aliphatic rings. The number of aromatic nitrogens is 2. The van der Waals surface area contributed by atoms with E-state index in [1.165, 1.54) is 24.7 Å². The molecule has 0 unspecified atom stereocenters. The molecule has 11 heteroatoms. The van der Waals surface area contributed by atoms with Crippen LogP contribution >= 0.6 is 0 Å². The van der Waals surface area contributed by atoms with Crippen LogP contribution in [0.25, 0.3) is 11.3 Å². The van der Waals surface area contributed by atoms with Crippen molar-refractivity contribution < 1.29 is 35.3 Å². The van der Waals surface area contributed by atoms with Crippen LogP contribution in [0.5, 0.6) is 5.75 Å². The minimum absolute atomic E-state index is 0.197. The number of methoxy groups -OCH3 is 1. The summed E-state index contributed by atoms with van der Waals surface area (Å²) in [5.41, 5.74) is -5.70. The minimum atomic E-state index is -5.96. The van der Waals surface area contributed by atoms with E-state index >= 15 is 0 Å². The highest BCUT2D eigenvalue weighted by atomic mass is 32.2. The van der Waals surface area contributed by atoms with Crippen molar-refractivity contribution in [2.45, 2.75) is 5.51 Å². The Balaban J connectivity index is 2.55. The van der Waals surface area contributed by atoms with E-state index in [2.05, 4.69) is 18.9 Å². The van der Waals surface area contributed by atoms with Gasteiger partial charge in [-0.15, -0.1) is 0 Å². The predicted octanol–water partition coefficient (Wildman–Crippen LogP) is 2.16. The molecule has 0 bridgehead atoms. The van der Waals surface area contributed by atoms with Crippen molar-refractivity contribution in [3.05, 3.63) is 42.4 Å². The zero-order chi connectivity index (χ0) is 18.0. The van der Waals surface area contributed by atoms with Gasteiger partial charge in [-0.25, -0.2) is 4.79 Å². The third-order valence-electron chi connectivity index (χ3n) is 2.73. The minimum Gasteiger partial charge on any atom is -0.465 e. The summed E-state index contributed by atoms with van der Waals surface area (Å²) in [5.74, 6) is -1.89. The Morgan fingerprint density at radius 3 is 2.46 bits per heavy atom. The first-order valence-electron chi connectivity index (χ1n) is 6.15. The topological polar surface area (TPSA) is 95.4 Å². The first-order chi connectivity index (χ1) is 11.2. The second-order valence-corrected chi connectivity index (χ2v) is 5.81. The van der Waals surface area contributed by atoms with Gasteiger partial charge in [0.15, 0.2) is 5.75 Å². The van der Waals surface area contributed by atoms with Gasteiger partial charge >= 0.3 is 21.6 Å². The molecule has 0 saturated carbocycles. The van der Waals surface area contributed by atoms with Crippen molar-refractivity contribution in [2.24, 2.45) is 0 Å². The molecular formula is C13H9F3N2O5S. The van der Waals surface area contributed by atoms with Crippen molar-refractivity contribution in [2.75, 3.05) is 7.11 Å². The van der Waals surface area contributed by atoms with Gasteiger partial charge in [0.25, 0.3) is 0 Å². The van der Waals surface area contributed by atoms with Gasteiger partial charge in [0.2, 0.25) is 0 Å². The highest BCUT2D eigenvalue weighted by molar-refractivity contribution is 7.88. The number of ether oxygens (including phenoxy) is 1. The van der Waals surface area contributed by atoms with Crippen LogP contribution < -0.4 is 4.18 Å². The average molecular weight is 362 g/mol. The second kappa shape index (κ2) is 6.43. The number of benzene rings is 1. The lowest BCUT2D eigenvalue weighted by Gasteiger charge is -2.13. The molecule has 2 aromatic rings. The van der Waals surface area contributed by atoms with Crippen LogP contribution in [0.3, 0.4) is 0 Å². The maximum atomic E-state index is 12.5. The van der Waals surface area contributed by atoms with Gasteiger partial charge in [-0.1, -0.05) is 6.07 Å². The molecule has 0 saturated heterocycles. The summed E-state index contributed by atoms with van der Waals surface area (Å²) in [4.78, 5) is 19.3. The molecule has 24 heavy (non-hydrogen) atoms. The molecule has 1 heterocycles. The Bertz CT molecular complexity index is 854. The maximum absolute atomic E-state index is 12.5. The lowest BCUT2D eigenvalue weighted by atomic mass is 10.1. The standard InChI is InChI=1S/C13H9F3N2O5S/c1-22-12(19)9-3-2-8(10-7-17-4-5-18-10)6-11(9)23-24(20,21)13(14,15)16/h2-7H,1H3. The summed E-state index contributed by atoms with van der Waals surface area (Å²) in [6.45, 7) is 0. The molecule has 0 fully saturated rings. The normalized spacial score (nSPS) is 11.8. The Morgan fingerprint density at radius 1 is 1.21 bits per heavy atom. The number of nitrogens with zero attached hydrogens (tertiary/aromatic N) is 2. The van der Waals surface area contributed by atoms with Gasteiger partial charge in [0.1, 0.15) is 5.56 Å². The van der Waals surface area contributed by atoms with Crippen molar-refractivity contribution in [1.82, 2.24) is 9.97 Å². The number of carbonyl (C=O) groups is 1. The highest BCUT2D eigenvalue weighted by Gasteiger charge is 2.49. The lowest BCUT2D eigenvalue weighted by molar-refractivity contribution is -0.0500. The Hall–Kier alpha value is -2.69. The SMILES string of the molecule is COC(=O)c1ccc(-c2cnccn2)cc1OS(=O)(=O)C(F)(F)F. The molecule has 0 aliphatic carbocycles. The van der Waals surface area contributed by atoms with Gasteiger partial charge in [-0.2, -0.15) is 21.6 Å². The van der Waals surface area contributed by atoms with E-state index in [-0.39, 0.29) is 11.3 Å².